The third-order valence-electron chi connectivity index (χ3n) is 17.0. The van der Waals surface area contributed by atoms with Crippen LogP contribution in [0.3, 0.4) is 0 Å². The van der Waals surface area contributed by atoms with Gasteiger partial charge in [-0.1, -0.05) is 270 Å². The van der Waals surface area contributed by atoms with Crippen LogP contribution in [0.1, 0.15) is 203 Å². The minimum Gasteiger partial charge on any atom is -0.411 e. The number of hydrogen-bond acceptors (Lipinski definition) is 8. The third-order valence-corrected chi connectivity index (χ3v) is 18.4. The molecule has 0 atom stereocenters. The van der Waals surface area contributed by atoms with Crippen LogP contribution >= 0.6 is 48.9 Å². The summed E-state index contributed by atoms with van der Waals surface area (Å²) in [6.07, 6.45) is 27.3. The van der Waals surface area contributed by atoms with Gasteiger partial charge < -0.3 is 119 Å². The number of hydrogen-bond donors (Lipinski definition) is 0. The van der Waals surface area contributed by atoms with Gasteiger partial charge in [0.25, 0.3) is 0 Å². The maximum Gasteiger partial charge on any atom is 4.00 e. The molecule has 0 heterocycles. The van der Waals surface area contributed by atoms with Crippen LogP contribution in [0.25, 0.3) is 0 Å². The molecule has 0 spiro atoms. The molecule has 0 radical (unpaired) electrons. The van der Waals surface area contributed by atoms with Crippen molar-refractivity contribution in [3.05, 3.63) is 239 Å². The van der Waals surface area contributed by atoms with Crippen LogP contribution in [0.15, 0.2) is 194 Å². The molecule has 0 unspecified atom stereocenters. The Morgan fingerprint density at radius 2 is 0.320 bits per heavy atom. The Labute approximate surface area is 644 Å². The molecule has 0 aliphatic heterocycles. The molecule has 8 aromatic carbocycles. The zero-order valence-electron chi connectivity index (χ0n) is 58.9. The van der Waals surface area contributed by atoms with Crippen molar-refractivity contribution in [1.82, 2.24) is 0 Å². The summed E-state index contributed by atoms with van der Waals surface area (Å²) in [6.45, 7) is 17.8. The van der Waals surface area contributed by atoms with Gasteiger partial charge in [-0.3, -0.25) is 0 Å². The molecule has 0 saturated heterocycles. The van der Waals surface area contributed by atoms with Gasteiger partial charge >= 0.3 is 21.1 Å². The summed E-state index contributed by atoms with van der Waals surface area (Å²) in [4.78, 5) is 8.34. The minimum absolute atomic E-state index is 0. The number of benzene rings is 8. The fourth-order valence-electron chi connectivity index (χ4n) is 11.8. The van der Waals surface area contributed by atoms with Crippen LogP contribution in [0.2, 0.25) is 0 Å². The molecule has 0 aromatic heterocycles. The summed E-state index contributed by atoms with van der Waals surface area (Å²) in [5.41, 5.74) is 19.6. The molecule has 8 aromatic rings. The molecule has 0 aliphatic rings. The van der Waals surface area contributed by atoms with Crippen LogP contribution < -0.4 is 19.6 Å². The molecule has 0 amide bonds. The van der Waals surface area contributed by atoms with E-state index in [1.807, 2.05) is 0 Å². The first kappa shape index (κ1) is 84.3. The number of anilines is 8. The molecular weight excluding hydrogens is 1420 g/mol. The van der Waals surface area contributed by atoms with E-state index in [4.69, 9.17) is 99.4 Å². The smallest absolute Gasteiger partial charge is 0.411 e. The summed E-state index contributed by atoms with van der Waals surface area (Å²) >= 11 is 43.7. The molecule has 0 saturated carbocycles. The minimum atomic E-state index is 0. The van der Waals surface area contributed by atoms with E-state index < -0.39 is 0 Å². The largest absolute Gasteiger partial charge is 4.00 e. The zero-order valence-corrected chi connectivity index (χ0v) is 67.4. The van der Waals surface area contributed by atoms with E-state index in [-0.39, 0.29) is 21.1 Å². The second kappa shape index (κ2) is 48.6. The number of aryl methyl sites for hydroxylation is 8. The molecule has 13 heteroatoms. The SMILES string of the molecule is CCCCc1ccccc1N(C(=S)[S-])c1ccccc1CCCC.CCCCc1ccccc1N(C(=S)[S-])c1ccccc1CCCC.CCCCc1ccccc1N(C(=S)[S-])c1ccccc1CCCC.CCCCc1ccccc1N(C(=S)[S-])c1ccccc1CCCC.[Mo+4]. The summed E-state index contributed by atoms with van der Waals surface area (Å²) in [6, 6.07) is 68.0. The molecular formula is C84H104MoN4S8. The van der Waals surface area contributed by atoms with Gasteiger partial charge in [-0.25, -0.2) is 0 Å². The number of unbranched alkanes of at least 4 members (excludes halogenated alkanes) is 8. The van der Waals surface area contributed by atoms with Gasteiger partial charge in [0.1, 0.15) is 0 Å². The van der Waals surface area contributed by atoms with Crippen LogP contribution in [-0.4, -0.2) is 17.3 Å². The third kappa shape index (κ3) is 27.1. The standard InChI is InChI=1S/4C21H27NS2.Mo/c4*1-3-5-11-17-13-7-9-15-19(17)22(21(23)24)20-16-10-8-14-18(20)12-6-4-2;/h4*7-10,13-16H,3-6,11-12H2,1-2H3,(H,23,24);/q;;;;+4/p-4. The second-order valence-corrected chi connectivity index (χ2v) is 28.4. The first-order chi connectivity index (χ1) is 46.7. The van der Waals surface area contributed by atoms with Crippen LogP contribution in [0.4, 0.5) is 45.5 Å². The number of nitrogens with zero attached hydrogens (tertiary/aromatic N) is 4. The van der Waals surface area contributed by atoms with Crippen molar-refractivity contribution < 1.29 is 21.1 Å². The van der Waals surface area contributed by atoms with E-state index in [2.05, 4.69) is 269 Å². The van der Waals surface area contributed by atoms with E-state index in [9.17, 15) is 0 Å². The van der Waals surface area contributed by atoms with Crippen molar-refractivity contribution in [3.8, 4) is 0 Å². The van der Waals surface area contributed by atoms with E-state index >= 15 is 0 Å². The molecule has 0 aliphatic carbocycles. The summed E-state index contributed by atoms with van der Waals surface area (Å²) < 4.78 is 1.96. The average molecular weight is 1520 g/mol. The Balaban J connectivity index is 0.000000274. The normalized spacial score (nSPS) is 10.5. The molecule has 514 valence electrons. The predicted molar refractivity (Wildman–Crippen MR) is 449 cm³/mol. The van der Waals surface area contributed by atoms with Gasteiger partial charge in [0.15, 0.2) is 0 Å². The van der Waals surface area contributed by atoms with Gasteiger partial charge in [0.05, 0.1) is 0 Å². The average Bonchev–Trinajstić information content (AvgIpc) is 0.848. The number of para-hydroxylation sites is 8. The Hall–Kier alpha value is -5.11. The molecule has 0 N–H and O–H groups in total. The predicted octanol–water partition coefficient (Wildman–Crippen LogP) is 25.4. The van der Waals surface area contributed by atoms with Gasteiger partial charge in [0, 0.05) is 45.5 Å². The van der Waals surface area contributed by atoms with Crippen molar-refractivity contribution in [2.45, 2.75) is 209 Å². The number of thiocarbonyl (C=S) groups is 4. The van der Waals surface area contributed by atoms with Crippen molar-refractivity contribution in [1.29, 1.82) is 0 Å². The fraction of sp³-hybridized carbons (Fsp3) is 0.381. The van der Waals surface area contributed by atoms with Crippen molar-refractivity contribution in [2.24, 2.45) is 0 Å². The van der Waals surface area contributed by atoms with Crippen molar-refractivity contribution >= 4 is 162 Å². The van der Waals surface area contributed by atoms with E-state index in [0.29, 0.717) is 17.3 Å². The van der Waals surface area contributed by atoms with Gasteiger partial charge in [-0.2, -0.15) is 0 Å². The Kier molecular flexibility index (Phi) is 42.3. The topological polar surface area (TPSA) is 13.0 Å². The Morgan fingerprint density at radius 1 is 0.216 bits per heavy atom. The van der Waals surface area contributed by atoms with E-state index in [1.165, 1.54) is 147 Å². The molecule has 8 rings (SSSR count). The van der Waals surface area contributed by atoms with Crippen molar-refractivity contribution in [3.63, 3.8) is 0 Å². The van der Waals surface area contributed by atoms with Gasteiger partial charge in [-0.05, 0) is 196 Å². The van der Waals surface area contributed by atoms with Crippen molar-refractivity contribution in [2.75, 3.05) is 19.6 Å². The first-order valence-corrected chi connectivity index (χ1v) is 38.7. The molecule has 97 heavy (non-hydrogen) atoms. The summed E-state index contributed by atoms with van der Waals surface area (Å²) in [7, 11) is 0. The Bertz CT molecular complexity index is 2940. The monoisotopic (exact) mass is 1520 g/mol. The molecule has 4 nitrogen and oxygen atoms in total. The van der Waals surface area contributed by atoms with Crippen LogP contribution in [-0.2, 0) is 123 Å². The second-order valence-electron chi connectivity index (χ2n) is 24.3. The number of rotatable bonds is 32. The molecule has 0 fully saturated rings. The van der Waals surface area contributed by atoms with E-state index in [1.54, 1.807) is 0 Å². The summed E-state index contributed by atoms with van der Waals surface area (Å²) in [5, 5.41) is 0. The van der Waals surface area contributed by atoms with Gasteiger partial charge in [0.2, 0.25) is 0 Å². The fourth-order valence-corrected chi connectivity index (χ4v) is 13.3. The summed E-state index contributed by atoms with van der Waals surface area (Å²) in [5.74, 6) is 0. The Morgan fingerprint density at radius 3 is 0.412 bits per heavy atom. The van der Waals surface area contributed by atoms with E-state index in [0.717, 1.165) is 96.9 Å². The molecule has 0 bridgehead atoms. The zero-order chi connectivity index (χ0) is 69.5. The first-order valence-electron chi connectivity index (χ1n) is 35.4. The quantitative estimate of drug-likeness (QED) is 0.0227. The van der Waals surface area contributed by atoms with Crippen LogP contribution in [0.5, 0.6) is 0 Å². The van der Waals surface area contributed by atoms with Gasteiger partial charge in [-0.15, -0.1) is 0 Å². The van der Waals surface area contributed by atoms with Crippen LogP contribution in [0, 0.1) is 0 Å². The maximum atomic E-state index is 5.47. The maximum absolute atomic E-state index is 5.47.